The summed E-state index contributed by atoms with van der Waals surface area (Å²) in [5.74, 6) is 1.11. The van der Waals surface area contributed by atoms with Crippen molar-refractivity contribution in [2.24, 2.45) is 22.7 Å². The third kappa shape index (κ3) is 2.34. The van der Waals surface area contributed by atoms with Crippen LogP contribution in [0.2, 0.25) is 0 Å². The Morgan fingerprint density at radius 1 is 1.30 bits per heavy atom. The molecule has 7 atom stereocenters. The molecule has 0 aromatic carbocycles. The lowest BCUT2D eigenvalue weighted by molar-refractivity contribution is -0.189. The van der Waals surface area contributed by atoms with Crippen molar-refractivity contribution in [2.45, 2.75) is 68.7 Å². The van der Waals surface area contributed by atoms with Crippen molar-refractivity contribution in [3.8, 4) is 0 Å². The number of ketones is 1. The van der Waals surface area contributed by atoms with Crippen LogP contribution in [-0.2, 0) is 4.79 Å². The smallest absolute Gasteiger partial charge is 0.178 e. The summed E-state index contributed by atoms with van der Waals surface area (Å²) >= 11 is 3.90. The predicted molar refractivity (Wildman–Crippen MR) is 113 cm³/mol. The van der Waals surface area contributed by atoms with Crippen molar-refractivity contribution >= 4 is 29.3 Å². The summed E-state index contributed by atoms with van der Waals surface area (Å²) in [6.45, 7) is 6.40. The van der Waals surface area contributed by atoms with Gasteiger partial charge in [-0.05, 0) is 74.5 Å². The van der Waals surface area contributed by atoms with E-state index in [2.05, 4.69) is 20.1 Å². The summed E-state index contributed by atoms with van der Waals surface area (Å²) < 4.78 is 17.0. The first-order chi connectivity index (χ1) is 12.7. The van der Waals surface area contributed by atoms with Crippen LogP contribution in [0.15, 0.2) is 23.8 Å². The largest absolute Gasteiger partial charge is 0.390 e. The predicted octanol–water partition coefficient (Wildman–Crippen LogP) is 5.17. The monoisotopic (exact) mass is 410 g/mol. The highest BCUT2D eigenvalue weighted by Crippen LogP contribution is 2.73. The van der Waals surface area contributed by atoms with E-state index in [9.17, 15) is 9.90 Å². The molecule has 2 nitrogen and oxygen atoms in total. The molecular formula is C22H31FO2S2. The first kappa shape index (κ1) is 20.0. The van der Waals surface area contributed by atoms with Crippen LogP contribution in [-0.4, -0.2) is 38.8 Å². The number of carbonyl (C=O) groups is 1. The summed E-state index contributed by atoms with van der Waals surface area (Å²) in [7, 11) is 0. The lowest BCUT2D eigenvalue weighted by atomic mass is 9.46. The van der Waals surface area contributed by atoms with Gasteiger partial charge in [0.05, 0.1) is 10.2 Å². The molecule has 1 N–H and O–H groups in total. The lowest BCUT2D eigenvalue weighted by Crippen LogP contribution is -2.67. The van der Waals surface area contributed by atoms with Crippen molar-refractivity contribution in [3.63, 3.8) is 0 Å². The van der Waals surface area contributed by atoms with Gasteiger partial charge in [0.15, 0.2) is 11.5 Å². The van der Waals surface area contributed by atoms with Crippen molar-refractivity contribution in [1.82, 2.24) is 0 Å². The lowest BCUT2D eigenvalue weighted by Gasteiger charge is -2.63. The van der Waals surface area contributed by atoms with Gasteiger partial charge in [0, 0.05) is 11.3 Å². The molecule has 3 saturated carbocycles. The molecule has 0 aliphatic heterocycles. The molecule has 5 heteroatoms. The zero-order valence-corrected chi connectivity index (χ0v) is 18.4. The maximum atomic E-state index is 16.9. The van der Waals surface area contributed by atoms with Gasteiger partial charge in [-0.15, -0.1) is 23.5 Å². The van der Waals surface area contributed by atoms with E-state index in [4.69, 9.17) is 0 Å². The Hall–Kier alpha value is -0.260. The van der Waals surface area contributed by atoms with Crippen molar-refractivity contribution in [1.29, 1.82) is 0 Å². The fraction of sp³-hybridized carbons (Fsp3) is 0.773. The number of aliphatic hydroxyl groups excluding tert-OH is 1. The molecule has 0 aromatic heterocycles. The highest BCUT2D eigenvalue weighted by Gasteiger charge is 2.72. The van der Waals surface area contributed by atoms with Crippen LogP contribution >= 0.6 is 23.5 Å². The van der Waals surface area contributed by atoms with Crippen LogP contribution in [0.5, 0.6) is 0 Å². The topological polar surface area (TPSA) is 37.3 Å². The number of fused-ring (bicyclic) bond motifs is 5. The number of rotatable bonds is 3. The van der Waals surface area contributed by atoms with Crippen LogP contribution in [0.25, 0.3) is 0 Å². The number of thioether (sulfide) groups is 2. The summed E-state index contributed by atoms with van der Waals surface area (Å²) in [4.78, 5) is 11.9. The molecule has 4 aliphatic carbocycles. The van der Waals surface area contributed by atoms with E-state index in [0.29, 0.717) is 6.42 Å². The molecule has 4 rings (SSSR count). The van der Waals surface area contributed by atoms with E-state index in [1.807, 2.05) is 30.4 Å². The van der Waals surface area contributed by atoms with Crippen molar-refractivity contribution in [3.05, 3.63) is 23.8 Å². The Bertz CT molecular complexity index is 721. The van der Waals surface area contributed by atoms with Gasteiger partial charge in [-0.25, -0.2) is 4.39 Å². The maximum Gasteiger partial charge on any atom is 0.178 e. The summed E-state index contributed by atoms with van der Waals surface area (Å²) in [5.41, 5.74) is -1.76. The van der Waals surface area contributed by atoms with Crippen LogP contribution in [0.1, 0.15) is 52.9 Å². The van der Waals surface area contributed by atoms with E-state index in [0.717, 1.165) is 37.0 Å². The first-order valence-corrected chi connectivity index (χ1v) is 12.4. The summed E-state index contributed by atoms with van der Waals surface area (Å²) in [6.07, 6.45) is 10.2. The number of alkyl halides is 1. The average Bonchev–Trinajstić information content (AvgIpc) is 2.90. The minimum absolute atomic E-state index is 0.0544. The van der Waals surface area contributed by atoms with Crippen LogP contribution in [0.4, 0.5) is 4.39 Å². The van der Waals surface area contributed by atoms with Gasteiger partial charge < -0.3 is 5.11 Å². The van der Waals surface area contributed by atoms with Gasteiger partial charge in [0.2, 0.25) is 0 Å². The highest BCUT2D eigenvalue weighted by molar-refractivity contribution is 8.18. The van der Waals surface area contributed by atoms with Crippen molar-refractivity contribution in [2.75, 3.05) is 12.0 Å². The van der Waals surface area contributed by atoms with E-state index in [1.54, 1.807) is 12.2 Å². The van der Waals surface area contributed by atoms with Crippen LogP contribution < -0.4 is 0 Å². The third-order valence-electron chi connectivity index (χ3n) is 8.39. The number of allylic oxidation sites excluding steroid dienone is 4. The first-order valence-electron chi connectivity index (χ1n) is 10.2. The Labute approximate surface area is 170 Å². The molecule has 0 radical (unpaired) electrons. The van der Waals surface area contributed by atoms with Crippen LogP contribution in [0, 0.1) is 22.7 Å². The zero-order valence-electron chi connectivity index (χ0n) is 16.8. The molecule has 0 bridgehead atoms. The Morgan fingerprint density at radius 2 is 2.04 bits per heavy atom. The molecule has 4 aliphatic rings. The molecule has 0 unspecified atom stereocenters. The minimum Gasteiger partial charge on any atom is -0.390 e. The zero-order chi connectivity index (χ0) is 19.7. The molecule has 150 valence electrons. The van der Waals surface area contributed by atoms with Crippen LogP contribution in [0.3, 0.4) is 0 Å². The van der Waals surface area contributed by atoms with Gasteiger partial charge in [0.1, 0.15) is 0 Å². The van der Waals surface area contributed by atoms with Gasteiger partial charge in [-0.2, -0.15) is 0 Å². The molecular weight excluding hydrogens is 379 g/mol. The second-order valence-corrected chi connectivity index (χ2v) is 12.1. The molecule has 0 aromatic rings. The second kappa shape index (κ2) is 6.37. The molecule has 3 fully saturated rings. The second-order valence-electron chi connectivity index (χ2n) is 9.19. The molecule has 27 heavy (non-hydrogen) atoms. The third-order valence-corrected chi connectivity index (χ3v) is 12.0. The fourth-order valence-corrected chi connectivity index (χ4v) is 10.2. The molecule has 0 amide bonds. The van der Waals surface area contributed by atoms with Gasteiger partial charge in [-0.3, -0.25) is 4.79 Å². The Morgan fingerprint density at radius 3 is 2.70 bits per heavy atom. The Kier molecular flexibility index (Phi) is 4.72. The number of carbonyl (C=O) groups excluding carboxylic acids is 1. The average molecular weight is 411 g/mol. The normalized spacial score (nSPS) is 51.4. The highest BCUT2D eigenvalue weighted by atomic mass is 32.2. The van der Waals surface area contributed by atoms with E-state index < -0.39 is 17.2 Å². The Balaban J connectivity index is 1.80. The number of hydrogen-bond donors (Lipinski definition) is 1. The fourth-order valence-electron chi connectivity index (χ4n) is 7.02. The van der Waals surface area contributed by atoms with Crippen molar-refractivity contribution < 1.29 is 14.3 Å². The molecule has 0 saturated heterocycles. The number of hydrogen-bond acceptors (Lipinski definition) is 4. The van der Waals surface area contributed by atoms with Gasteiger partial charge in [0.25, 0.3) is 0 Å². The standard InChI is InChI=1S/C22H31FO2S2/c1-5-27-21(26-4)11-9-16-17-7-6-14-12-15(24)8-10-19(14,2)22(17,23)18(25)13-20(16,21)3/h8,10,12,16-18,25H,5-7,9,11,13H2,1-4H3/t16-,17-,18-,19-,20-,21-,22-/m0/s1. The van der Waals surface area contributed by atoms with E-state index >= 15 is 4.39 Å². The maximum absolute atomic E-state index is 16.9. The van der Waals surface area contributed by atoms with E-state index in [1.165, 1.54) is 6.08 Å². The van der Waals surface area contributed by atoms with E-state index in [-0.39, 0.29) is 27.1 Å². The van der Waals surface area contributed by atoms with Gasteiger partial charge >= 0.3 is 0 Å². The summed E-state index contributed by atoms with van der Waals surface area (Å²) in [5, 5.41) is 11.3. The molecule has 0 spiro atoms. The quantitative estimate of drug-likeness (QED) is 0.651. The number of aliphatic hydroxyl groups is 1. The molecule has 0 heterocycles. The number of halogens is 1. The van der Waals surface area contributed by atoms with Gasteiger partial charge in [-0.1, -0.05) is 25.5 Å². The SMILES string of the molecule is CCS[C@@]1(SC)CC[C@H]2[C@@H]3CCC4=CC(=O)C=C[C@]4(C)[C@@]3(F)[C@@H](O)C[C@@]21C. The minimum atomic E-state index is -1.69. The summed E-state index contributed by atoms with van der Waals surface area (Å²) in [6, 6.07) is 0.